The number of carbonyl (C=O) groups is 3. The lowest BCUT2D eigenvalue weighted by molar-refractivity contribution is -0.192. The highest BCUT2D eigenvalue weighted by Crippen LogP contribution is 2.21. The fraction of sp³-hybridized carbons (Fsp3) is 0.318. The molecule has 0 radical (unpaired) electrons. The van der Waals surface area contributed by atoms with Crippen LogP contribution in [0.25, 0.3) is 0 Å². The van der Waals surface area contributed by atoms with Gasteiger partial charge in [0.1, 0.15) is 0 Å². The van der Waals surface area contributed by atoms with Gasteiger partial charge in [-0.3, -0.25) is 9.59 Å². The van der Waals surface area contributed by atoms with Crippen LogP contribution in [0.4, 0.5) is 18.9 Å². The van der Waals surface area contributed by atoms with Gasteiger partial charge in [-0.1, -0.05) is 51.9 Å². The molecule has 34 heavy (non-hydrogen) atoms. The zero-order valence-corrected chi connectivity index (χ0v) is 19.9. The highest BCUT2D eigenvalue weighted by Gasteiger charge is 2.38. The molecule has 0 heterocycles. The number of anilines is 1. The molecule has 0 saturated heterocycles. The minimum atomic E-state index is -5.08. The number of halogens is 3. The summed E-state index contributed by atoms with van der Waals surface area (Å²) >= 11 is 0. The highest BCUT2D eigenvalue weighted by molar-refractivity contribution is 8.76. The molecule has 186 valence electrons. The van der Waals surface area contributed by atoms with Crippen LogP contribution in [0, 0.1) is 0 Å². The standard InChI is InChI=1S/C20H24N2O3S2.C2HF3O2/c1-22(18-5-3-2-4-6-18)15-16-7-9-17(10-8-16)20(25)21-12-14-27-26-13-11-19(23)24;3-2(4,5)1(6)7/h2-10H,11-15H2,1H3,(H,21,25)(H,23,24);(H,6,7). The summed E-state index contributed by atoms with van der Waals surface area (Å²) in [6.45, 7) is 1.33. The molecule has 0 unspecified atom stereocenters. The average molecular weight is 519 g/mol. The van der Waals surface area contributed by atoms with Crippen LogP contribution in [0.15, 0.2) is 54.6 Å². The predicted octanol–water partition coefficient (Wildman–Crippen LogP) is 4.54. The first kappa shape index (κ1) is 29.2. The molecular weight excluding hydrogens is 493 g/mol. The monoisotopic (exact) mass is 518 g/mol. The van der Waals surface area contributed by atoms with Gasteiger partial charge in [0, 0.05) is 42.9 Å². The number of amides is 1. The minimum absolute atomic E-state index is 0.0888. The van der Waals surface area contributed by atoms with Crippen molar-refractivity contribution in [1.82, 2.24) is 5.32 Å². The number of aliphatic carboxylic acids is 2. The predicted molar refractivity (Wildman–Crippen MR) is 128 cm³/mol. The first-order chi connectivity index (χ1) is 16.0. The number of alkyl halides is 3. The van der Waals surface area contributed by atoms with Crippen molar-refractivity contribution in [2.75, 3.05) is 30.0 Å². The molecule has 0 atom stereocenters. The number of carbonyl (C=O) groups excluding carboxylic acids is 1. The second kappa shape index (κ2) is 15.1. The van der Waals surface area contributed by atoms with Crippen LogP contribution in [0.1, 0.15) is 22.3 Å². The van der Waals surface area contributed by atoms with Crippen LogP contribution in [0.3, 0.4) is 0 Å². The molecule has 7 nitrogen and oxygen atoms in total. The van der Waals surface area contributed by atoms with Crippen molar-refractivity contribution in [2.24, 2.45) is 0 Å². The lowest BCUT2D eigenvalue weighted by Gasteiger charge is -2.19. The number of carboxylic acids is 2. The Kier molecular flexibility index (Phi) is 13.0. The largest absolute Gasteiger partial charge is 0.490 e. The Balaban J connectivity index is 0.000000718. The quantitative estimate of drug-likeness (QED) is 0.294. The summed E-state index contributed by atoms with van der Waals surface area (Å²) in [5, 5.41) is 18.6. The Morgan fingerprint density at radius 3 is 2.03 bits per heavy atom. The smallest absolute Gasteiger partial charge is 0.481 e. The molecule has 3 N–H and O–H groups in total. The number of hydrogen-bond acceptors (Lipinski definition) is 6. The fourth-order valence-corrected chi connectivity index (χ4v) is 4.25. The summed E-state index contributed by atoms with van der Waals surface area (Å²) in [5.74, 6) is -2.31. The van der Waals surface area contributed by atoms with E-state index in [9.17, 15) is 22.8 Å². The normalized spacial score (nSPS) is 10.6. The molecule has 0 aliphatic carbocycles. The third-order valence-corrected chi connectivity index (χ3v) is 6.44. The van der Waals surface area contributed by atoms with Gasteiger partial charge >= 0.3 is 18.1 Å². The summed E-state index contributed by atoms with van der Waals surface area (Å²) in [6, 6.07) is 17.8. The second-order valence-electron chi connectivity index (χ2n) is 6.74. The maximum atomic E-state index is 12.2. The molecule has 1 amide bonds. The highest BCUT2D eigenvalue weighted by atomic mass is 33.1. The molecule has 2 aromatic carbocycles. The number of nitrogens with one attached hydrogen (secondary N) is 1. The van der Waals surface area contributed by atoms with E-state index in [0.29, 0.717) is 17.9 Å². The molecule has 12 heteroatoms. The van der Waals surface area contributed by atoms with E-state index in [1.165, 1.54) is 10.8 Å². The molecule has 0 saturated carbocycles. The lowest BCUT2D eigenvalue weighted by Crippen LogP contribution is -2.25. The van der Waals surface area contributed by atoms with Crippen molar-refractivity contribution >= 4 is 45.1 Å². The third-order valence-electron chi connectivity index (χ3n) is 4.03. The molecule has 0 aliphatic rings. The SMILES string of the molecule is CN(Cc1ccc(C(=O)NCCSSCCC(=O)O)cc1)c1ccccc1.O=C(O)C(F)(F)F. The number of carboxylic acid groups (broad SMARTS) is 2. The van der Waals surface area contributed by atoms with Gasteiger partial charge in [0.2, 0.25) is 0 Å². The molecule has 2 aromatic rings. The Labute approximate surface area is 203 Å². The summed E-state index contributed by atoms with van der Waals surface area (Å²) in [7, 11) is 5.13. The van der Waals surface area contributed by atoms with E-state index in [1.54, 1.807) is 10.8 Å². The van der Waals surface area contributed by atoms with Crippen LogP contribution in [0.2, 0.25) is 0 Å². The Morgan fingerprint density at radius 1 is 0.941 bits per heavy atom. The zero-order chi connectivity index (χ0) is 25.6. The van der Waals surface area contributed by atoms with Crippen molar-refractivity contribution in [2.45, 2.75) is 19.1 Å². The topological polar surface area (TPSA) is 107 Å². The van der Waals surface area contributed by atoms with Crippen molar-refractivity contribution in [3.63, 3.8) is 0 Å². The van der Waals surface area contributed by atoms with Crippen LogP contribution in [-0.4, -0.2) is 59.3 Å². The van der Waals surface area contributed by atoms with E-state index in [2.05, 4.69) is 22.3 Å². The number of nitrogens with zero attached hydrogens (tertiary/aromatic N) is 1. The van der Waals surface area contributed by atoms with Gasteiger partial charge in [0.15, 0.2) is 0 Å². The minimum Gasteiger partial charge on any atom is -0.481 e. The summed E-state index contributed by atoms with van der Waals surface area (Å²) in [4.78, 5) is 33.6. The molecule has 0 spiro atoms. The van der Waals surface area contributed by atoms with Crippen molar-refractivity contribution in [3.05, 3.63) is 65.7 Å². The van der Waals surface area contributed by atoms with Crippen molar-refractivity contribution in [1.29, 1.82) is 0 Å². The Morgan fingerprint density at radius 2 is 1.50 bits per heavy atom. The van der Waals surface area contributed by atoms with E-state index in [0.717, 1.165) is 23.5 Å². The van der Waals surface area contributed by atoms with Crippen molar-refractivity contribution in [3.8, 4) is 0 Å². The van der Waals surface area contributed by atoms with Gasteiger partial charge in [-0.15, -0.1) is 0 Å². The van der Waals surface area contributed by atoms with E-state index in [4.69, 9.17) is 15.0 Å². The molecule has 0 aromatic heterocycles. The molecule has 0 fully saturated rings. The van der Waals surface area contributed by atoms with Crippen molar-refractivity contribution < 1.29 is 37.8 Å². The van der Waals surface area contributed by atoms with Gasteiger partial charge in [-0.25, -0.2) is 4.79 Å². The molecular formula is C22H25F3N2O5S2. The van der Waals surface area contributed by atoms with Crippen LogP contribution < -0.4 is 10.2 Å². The summed E-state index contributed by atoms with van der Waals surface area (Å²) in [5.41, 5.74) is 2.94. The average Bonchev–Trinajstić information content (AvgIpc) is 2.79. The van der Waals surface area contributed by atoms with Crippen LogP contribution >= 0.6 is 21.6 Å². The van der Waals surface area contributed by atoms with Gasteiger partial charge in [-0.2, -0.15) is 13.2 Å². The van der Waals surface area contributed by atoms with Gasteiger partial charge in [0.05, 0.1) is 6.42 Å². The lowest BCUT2D eigenvalue weighted by atomic mass is 10.1. The number of rotatable bonds is 11. The number of para-hydroxylation sites is 1. The van der Waals surface area contributed by atoms with E-state index >= 15 is 0 Å². The van der Waals surface area contributed by atoms with E-state index < -0.39 is 18.1 Å². The summed E-state index contributed by atoms with van der Waals surface area (Å²) in [6.07, 6.45) is -4.92. The van der Waals surface area contributed by atoms with E-state index in [-0.39, 0.29) is 12.3 Å². The molecule has 2 rings (SSSR count). The Hall–Kier alpha value is -2.86. The maximum absolute atomic E-state index is 12.2. The summed E-state index contributed by atoms with van der Waals surface area (Å²) < 4.78 is 31.7. The van der Waals surface area contributed by atoms with Gasteiger partial charge < -0.3 is 20.4 Å². The van der Waals surface area contributed by atoms with Gasteiger partial charge in [-0.05, 0) is 29.8 Å². The number of benzene rings is 2. The Bertz CT molecular complexity index is 913. The van der Waals surface area contributed by atoms with E-state index in [1.807, 2.05) is 49.5 Å². The maximum Gasteiger partial charge on any atom is 0.490 e. The third kappa shape index (κ3) is 12.4. The van der Waals surface area contributed by atoms with Gasteiger partial charge in [0.25, 0.3) is 5.91 Å². The first-order valence-electron chi connectivity index (χ1n) is 9.90. The number of hydrogen-bond donors (Lipinski definition) is 3. The fourth-order valence-electron chi connectivity index (χ4n) is 2.36. The zero-order valence-electron chi connectivity index (χ0n) is 18.2. The van der Waals surface area contributed by atoms with Crippen LogP contribution in [0.5, 0.6) is 0 Å². The molecule has 0 aliphatic heterocycles. The molecule has 0 bridgehead atoms. The first-order valence-corrected chi connectivity index (χ1v) is 12.4. The van der Waals surface area contributed by atoms with Crippen LogP contribution in [-0.2, 0) is 16.1 Å². The second-order valence-corrected chi connectivity index (χ2v) is 9.44.